The number of nitrogens with one attached hydrogen (secondary N) is 2. The first-order valence-electron chi connectivity index (χ1n) is 11.4. The van der Waals surface area contributed by atoms with E-state index in [1.807, 2.05) is 43.1 Å². The van der Waals surface area contributed by atoms with Gasteiger partial charge in [-0.05, 0) is 56.4 Å². The van der Waals surface area contributed by atoms with Crippen LogP contribution in [0.4, 0.5) is 5.69 Å². The lowest BCUT2D eigenvalue weighted by molar-refractivity contribution is -0.139. The van der Waals surface area contributed by atoms with Gasteiger partial charge in [0.05, 0.1) is 17.6 Å². The van der Waals surface area contributed by atoms with Gasteiger partial charge >= 0.3 is 0 Å². The van der Waals surface area contributed by atoms with Gasteiger partial charge < -0.3 is 25.1 Å². The first-order chi connectivity index (χ1) is 16.0. The summed E-state index contributed by atoms with van der Waals surface area (Å²) in [6.07, 6.45) is 6.01. The Hall–Kier alpha value is -3.17. The summed E-state index contributed by atoms with van der Waals surface area (Å²) in [6, 6.07) is 5.87. The number of aryl methyl sites for hydroxylation is 1. The molecule has 4 rings (SSSR count). The summed E-state index contributed by atoms with van der Waals surface area (Å²) in [5.41, 5.74) is 8.27. The van der Waals surface area contributed by atoms with Gasteiger partial charge in [-0.1, -0.05) is 0 Å². The van der Waals surface area contributed by atoms with Gasteiger partial charge in [-0.25, -0.2) is 4.98 Å². The molecule has 0 unspecified atom stereocenters. The number of nitrogens with zero attached hydrogens (tertiary/aromatic N) is 3. The van der Waals surface area contributed by atoms with E-state index in [4.69, 9.17) is 15.3 Å². The summed E-state index contributed by atoms with van der Waals surface area (Å²) in [5.74, 6) is 6.49. The van der Waals surface area contributed by atoms with Crippen molar-refractivity contribution in [2.24, 2.45) is 11.8 Å². The maximum Gasteiger partial charge on any atom is 0.226 e. The topological polar surface area (TPSA) is 115 Å². The van der Waals surface area contributed by atoms with Crippen LogP contribution in [0.25, 0.3) is 0 Å². The van der Waals surface area contributed by atoms with Crippen molar-refractivity contribution < 1.29 is 14.3 Å². The Kier molecular flexibility index (Phi) is 7.41. The van der Waals surface area contributed by atoms with Gasteiger partial charge in [-0.2, -0.15) is 0 Å². The summed E-state index contributed by atoms with van der Waals surface area (Å²) in [7, 11) is 0. The number of fused-ring (bicyclic) bond motifs is 1. The van der Waals surface area contributed by atoms with Crippen molar-refractivity contribution in [3.8, 4) is 5.88 Å². The summed E-state index contributed by atoms with van der Waals surface area (Å²) in [4.78, 5) is 23.6. The van der Waals surface area contributed by atoms with E-state index < -0.39 is 0 Å². The van der Waals surface area contributed by atoms with E-state index in [0.29, 0.717) is 25.6 Å². The van der Waals surface area contributed by atoms with Gasteiger partial charge in [0, 0.05) is 55.9 Å². The Bertz CT molecular complexity index is 1000. The molecule has 0 radical (unpaired) electrons. The molecule has 0 bridgehead atoms. The fraction of sp³-hybridized carbons (Fsp3) is 0.458. The number of hydrogen-bond acceptors (Lipinski definition) is 8. The summed E-state index contributed by atoms with van der Waals surface area (Å²) in [5, 5.41) is 3.31. The number of amides is 1. The number of allylic oxidation sites excluding steroid dienone is 1. The SMILES string of the molecule is C/C(NN)=C(\COc1cc2c(cn1)CN(C(=O)C1CCOCC1)CC2)Nc1ccc(C)nc1. The predicted molar refractivity (Wildman–Crippen MR) is 125 cm³/mol. The minimum atomic E-state index is 0.0803. The van der Waals surface area contributed by atoms with Crippen molar-refractivity contribution in [1.29, 1.82) is 0 Å². The molecule has 2 aliphatic rings. The molecule has 33 heavy (non-hydrogen) atoms. The molecule has 9 heteroatoms. The zero-order valence-corrected chi connectivity index (χ0v) is 19.3. The lowest BCUT2D eigenvalue weighted by Crippen LogP contribution is -2.41. The summed E-state index contributed by atoms with van der Waals surface area (Å²) < 4.78 is 11.4. The second-order valence-electron chi connectivity index (χ2n) is 8.54. The Labute approximate surface area is 194 Å². The molecule has 1 saturated heterocycles. The average molecular weight is 453 g/mol. The zero-order valence-electron chi connectivity index (χ0n) is 19.3. The molecule has 1 amide bonds. The van der Waals surface area contributed by atoms with Gasteiger partial charge in [0.1, 0.15) is 6.61 Å². The van der Waals surface area contributed by atoms with Crippen molar-refractivity contribution >= 4 is 11.6 Å². The van der Waals surface area contributed by atoms with E-state index in [1.165, 1.54) is 5.56 Å². The molecule has 2 aliphatic heterocycles. The molecule has 176 valence electrons. The van der Waals surface area contributed by atoms with Gasteiger partial charge in [-0.3, -0.25) is 15.6 Å². The molecular weight excluding hydrogens is 420 g/mol. The molecule has 0 atom stereocenters. The monoisotopic (exact) mass is 452 g/mol. The van der Waals surface area contributed by atoms with Crippen molar-refractivity contribution in [3.63, 3.8) is 0 Å². The van der Waals surface area contributed by atoms with Crippen molar-refractivity contribution in [3.05, 3.63) is 58.8 Å². The maximum atomic E-state index is 12.9. The number of carbonyl (C=O) groups is 1. The molecule has 4 heterocycles. The van der Waals surface area contributed by atoms with E-state index in [0.717, 1.165) is 54.1 Å². The number of aromatic nitrogens is 2. The van der Waals surface area contributed by atoms with Crippen LogP contribution in [0.3, 0.4) is 0 Å². The normalized spacial score (nSPS) is 17.1. The van der Waals surface area contributed by atoms with Gasteiger partial charge in [0.2, 0.25) is 11.8 Å². The first kappa shape index (κ1) is 23.0. The smallest absolute Gasteiger partial charge is 0.226 e. The van der Waals surface area contributed by atoms with E-state index in [2.05, 4.69) is 20.7 Å². The minimum Gasteiger partial charge on any atom is -0.471 e. The van der Waals surface area contributed by atoms with Crippen LogP contribution in [0.2, 0.25) is 0 Å². The maximum absolute atomic E-state index is 12.9. The number of ether oxygens (including phenoxy) is 2. The van der Waals surface area contributed by atoms with Crippen LogP contribution in [0.15, 0.2) is 42.0 Å². The van der Waals surface area contributed by atoms with Crippen molar-refractivity contribution in [2.75, 3.05) is 31.7 Å². The summed E-state index contributed by atoms with van der Waals surface area (Å²) >= 11 is 0. The lowest BCUT2D eigenvalue weighted by Gasteiger charge is -2.33. The molecule has 0 saturated carbocycles. The predicted octanol–water partition coefficient (Wildman–Crippen LogP) is 2.28. The molecule has 2 aromatic rings. The highest BCUT2D eigenvalue weighted by atomic mass is 16.5. The van der Waals surface area contributed by atoms with Crippen LogP contribution < -0.4 is 21.3 Å². The Morgan fingerprint density at radius 3 is 2.79 bits per heavy atom. The van der Waals surface area contributed by atoms with Crippen LogP contribution >= 0.6 is 0 Å². The third-order valence-corrected chi connectivity index (χ3v) is 6.19. The van der Waals surface area contributed by atoms with E-state index in [9.17, 15) is 4.79 Å². The fourth-order valence-electron chi connectivity index (χ4n) is 4.08. The Morgan fingerprint density at radius 1 is 1.24 bits per heavy atom. The highest BCUT2D eigenvalue weighted by molar-refractivity contribution is 5.79. The average Bonchev–Trinajstić information content (AvgIpc) is 2.86. The molecule has 0 aromatic carbocycles. The number of pyridine rings is 2. The largest absolute Gasteiger partial charge is 0.471 e. The molecule has 0 spiro atoms. The third kappa shape index (κ3) is 5.80. The highest BCUT2D eigenvalue weighted by Gasteiger charge is 2.29. The minimum absolute atomic E-state index is 0.0803. The fourth-order valence-corrected chi connectivity index (χ4v) is 4.08. The van der Waals surface area contributed by atoms with Crippen LogP contribution in [-0.2, 0) is 22.5 Å². The van der Waals surface area contributed by atoms with Gasteiger partial charge in [0.25, 0.3) is 0 Å². The van der Waals surface area contributed by atoms with Crippen molar-refractivity contribution in [2.45, 2.75) is 39.7 Å². The quantitative estimate of drug-likeness (QED) is 0.433. The van der Waals surface area contributed by atoms with Crippen LogP contribution in [0, 0.1) is 12.8 Å². The zero-order chi connectivity index (χ0) is 23.2. The lowest BCUT2D eigenvalue weighted by atomic mass is 9.96. The molecular formula is C24H32N6O3. The van der Waals surface area contributed by atoms with Gasteiger partial charge in [-0.15, -0.1) is 0 Å². The Balaban J connectivity index is 1.38. The van der Waals surface area contributed by atoms with Crippen LogP contribution in [0.1, 0.15) is 36.6 Å². The third-order valence-electron chi connectivity index (χ3n) is 6.19. The van der Waals surface area contributed by atoms with Gasteiger partial charge in [0.15, 0.2) is 0 Å². The van der Waals surface area contributed by atoms with Crippen molar-refractivity contribution in [1.82, 2.24) is 20.3 Å². The second-order valence-corrected chi connectivity index (χ2v) is 8.54. The second kappa shape index (κ2) is 10.6. The van der Waals surface area contributed by atoms with Crippen LogP contribution in [-0.4, -0.2) is 47.1 Å². The molecule has 4 N–H and O–H groups in total. The number of anilines is 1. The highest BCUT2D eigenvalue weighted by Crippen LogP contribution is 2.25. The first-order valence-corrected chi connectivity index (χ1v) is 11.4. The Morgan fingerprint density at radius 2 is 2.06 bits per heavy atom. The standard InChI is InChI=1S/C24H32N6O3/c1-16-3-4-21(13-26-16)28-22(17(2)29-25)15-33-23-11-19-5-8-30(14-20(19)12-27-23)24(31)18-6-9-32-10-7-18/h3-4,11-13,18,28-29H,5-10,14-15,25H2,1-2H3/b22-17-. The number of hydrazine groups is 1. The molecule has 9 nitrogen and oxygen atoms in total. The molecule has 2 aromatic heterocycles. The molecule has 1 fully saturated rings. The number of nitrogens with two attached hydrogens (primary N) is 1. The number of hydrogen-bond donors (Lipinski definition) is 3. The van der Waals surface area contributed by atoms with E-state index in [1.54, 1.807) is 6.20 Å². The van der Waals surface area contributed by atoms with E-state index in [-0.39, 0.29) is 18.4 Å². The molecule has 0 aliphatic carbocycles. The summed E-state index contributed by atoms with van der Waals surface area (Å²) in [6.45, 7) is 6.75. The number of carbonyl (C=O) groups excluding carboxylic acids is 1. The number of rotatable bonds is 7. The van der Waals surface area contributed by atoms with E-state index >= 15 is 0 Å². The van der Waals surface area contributed by atoms with Crippen LogP contribution in [0.5, 0.6) is 5.88 Å².